The number of rotatable bonds is 3. The summed E-state index contributed by atoms with van der Waals surface area (Å²) in [5.41, 5.74) is 4.98. The molecule has 0 aliphatic rings. The molecule has 0 atom stereocenters. The van der Waals surface area contributed by atoms with Crippen LogP contribution in [0.15, 0.2) is 115 Å². The molecule has 5 nitrogen and oxygen atoms in total. The quantitative estimate of drug-likeness (QED) is 0.219. The summed E-state index contributed by atoms with van der Waals surface area (Å²) in [7, 11) is 0. The van der Waals surface area contributed by atoms with E-state index < -0.39 is 0 Å². The van der Waals surface area contributed by atoms with Crippen molar-refractivity contribution in [3.05, 3.63) is 127 Å². The van der Waals surface area contributed by atoms with Crippen LogP contribution in [0.1, 0.15) is 53.2 Å². The van der Waals surface area contributed by atoms with Crippen LogP contribution >= 0.6 is 0 Å². The highest BCUT2D eigenvalue weighted by molar-refractivity contribution is 5.92. The van der Waals surface area contributed by atoms with Crippen LogP contribution in [0, 0.1) is 0 Å². The monoisotopic (exact) mass is 551 g/mol. The molecule has 210 valence electrons. The fraction of sp³-hybridized carbons (Fsp3) is 0.216. The van der Waals surface area contributed by atoms with Gasteiger partial charge in [-0.3, -0.25) is 0 Å². The van der Waals surface area contributed by atoms with Gasteiger partial charge in [-0.15, -0.1) is 0 Å². The summed E-state index contributed by atoms with van der Waals surface area (Å²) < 4.78 is 0. The molecular formula is C37H37N5. The largest absolute Gasteiger partial charge is 0.232 e. The highest BCUT2D eigenvalue weighted by Crippen LogP contribution is 2.29. The number of fused-ring (bicyclic) bond motifs is 1. The molecule has 0 aliphatic heterocycles. The lowest BCUT2D eigenvalue weighted by Crippen LogP contribution is -2.18. The van der Waals surface area contributed by atoms with Gasteiger partial charge in [-0.2, -0.15) is 0 Å². The van der Waals surface area contributed by atoms with Gasteiger partial charge in [-0.1, -0.05) is 151 Å². The van der Waals surface area contributed by atoms with Crippen molar-refractivity contribution in [2.75, 3.05) is 0 Å². The van der Waals surface area contributed by atoms with Crippen LogP contribution in [0.5, 0.6) is 0 Å². The molecule has 0 amide bonds. The SMILES string of the molecule is CC(C)(C)c1nc(-c2ccccc2)c2ccccc2n1.CC(C)(C)c1nc(-c2ccccc2)nc(-c2ccccc2)n1. The van der Waals surface area contributed by atoms with E-state index in [4.69, 9.17) is 9.97 Å². The standard InChI is InChI=1S/C19H19N3.C18H18N2/c1-19(2,3)18-21-16(14-10-6-4-7-11-14)20-17(22-18)15-12-8-5-9-13-15;1-18(2,3)17-19-15-12-8-7-11-14(15)16(20-17)13-9-5-4-6-10-13/h4-13H,1-3H3;4-12H,1-3H3. The molecular weight excluding hydrogens is 514 g/mol. The number of aromatic nitrogens is 5. The van der Waals surface area contributed by atoms with E-state index in [9.17, 15) is 0 Å². The Bertz CT molecular complexity index is 1710. The zero-order valence-electron chi connectivity index (χ0n) is 25.2. The van der Waals surface area contributed by atoms with E-state index in [1.165, 1.54) is 0 Å². The average Bonchev–Trinajstić information content (AvgIpc) is 3.01. The zero-order chi connectivity index (χ0) is 29.7. The third-order valence-electron chi connectivity index (χ3n) is 6.69. The van der Waals surface area contributed by atoms with Gasteiger partial charge >= 0.3 is 0 Å². The van der Waals surface area contributed by atoms with Crippen LogP contribution in [0.3, 0.4) is 0 Å². The van der Waals surface area contributed by atoms with Crippen LogP contribution in [0.4, 0.5) is 0 Å². The van der Waals surface area contributed by atoms with Gasteiger partial charge in [0.05, 0.1) is 11.2 Å². The van der Waals surface area contributed by atoms with Crippen molar-refractivity contribution in [3.63, 3.8) is 0 Å². The van der Waals surface area contributed by atoms with Gasteiger partial charge in [-0.05, 0) is 6.07 Å². The highest BCUT2D eigenvalue weighted by Gasteiger charge is 2.21. The topological polar surface area (TPSA) is 64.5 Å². The van der Waals surface area contributed by atoms with Crippen LogP contribution in [-0.4, -0.2) is 24.9 Å². The van der Waals surface area contributed by atoms with Gasteiger partial charge in [0.2, 0.25) is 0 Å². The molecule has 6 aromatic rings. The minimum Gasteiger partial charge on any atom is -0.232 e. The Morgan fingerprint density at radius 1 is 0.381 bits per heavy atom. The molecule has 42 heavy (non-hydrogen) atoms. The summed E-state index contributed by atoms with van der Waals surface area (Å²) in [6, 6.07) is 38.6. The Morgan fingerprint density at radius 2 is 0.786 bits per heavy atom. The first kappa shape index (κ1) is 28.7. The van der Waals surface area contributed by atoms with E-state index in [0.717, 1.165) is 56.6 Å². The van der Waals surface area contributed by atoms with Crippen molar-refractivity contribution in [1.29, 1.82) is 0 Å². The van der Waals surface area contributed by atoms with Crippen LogP contribution in [0.2, 0.25) is 0 Å². The van der Waals surface area contributed by atoms with Gasteiger partial charge in [0.1, 0.15) is 11.6 Å². The molecule has 4 aromatic carbocycles. The summed E-state index contributed by atoms with van der Waals surface area (Å²) in [5.74, 6) is 3.13. The Morgan fingerprint density at radius 3 is 1.26 bits per heavy atom. The second-order valence-corrected chi connectivity index (χ2v) is 12.3. The van der Waals surface area contributed by atoms with E-state index in [1.54, 1.807) is 0 Å². The van der Waals surface area contributed by atoms with Crippen molar-refractivity contribution in [3.8, 4) is 34.0 Å². The minimum absolute atomic E-state index is 0.0619. The fourth-order valence-corrected chi connectivity index (χ4v) is 4.37. The van der Waals surface area contributed by atoms with Crippen molar-refractivity contribution in [2.24, 2.45) is 0 Å². The molecule has 0 saturated heterocycles. The summed E-state index contributed by atoms with van der Waals surface area (Å²) in [6.45, 7) is 12.8. The first-order valence-corrected chi connectivity index (χ1v) is 14.3. The third-order valence-corrected chi connectivity index (χ3v) is 6.69. The smallest absolute Gasteiger partial charge is 0.163 e. The van der Waals surface area contributed by atoms with Gasteiger partial charge in [0.15, 0.2) is 11.6 Å². The molecule has 2 heterocycles. The first-order valence-electron chi connectivity index (χ1n) is 14.3. The molecule has 0 aliphatic carbocycles. The molecule has 0 radical (unpaired) electrons. The molecule has 0 saturated carbocycles. The van der Waals surface area contributed by atoms with Crippen molar-refractivity contribution in [1.82, 2.24) is 24.9 Å². The Hall–Kier alpha value is -4.77. The summed E-state index contributed by atoms with van der Waals surface area (Å²) >= 11 is 0. The summed E-state index contributed by atoms with van der Waals surface area (Å²) in [5, 5.41) is 1.10. The Balaban J connectivity index is 0.000000169. The zero-order valence-corrected chi connectivity index (χ0v) is 25.2. The van der Waals surface area contributed by atoms with E-state index >= 15 is 0 Å². The normalized spacial score (nSPS) is 11.6. The number of nitrogens with zero attached hydrogens (tertiary/aromatic N) is 5. The number of hydrogen-bond acceptors (Lipinski definition) is 5. The van der Waals surface area contributed by atoms with E-state index in [-0.39, 0.29) is 10.8 Å². The molecule has 0 spiro atoms. The summed E-state index contributed by atoms with van der Waals surface area (Å²) in [6.07, 6.45) is 0. The lowest BCUT2D eigenvalue weighted by atomic mass is 9.94. The third kappa shape index (κ3) is 6.74. The average molecular weight is 552 g/mol. The number of hydrogen-bond donors (Lipinski definition) is 0. The lowest BCUT2D eigenvalue weighted by molar-refractivity contribution is 0.543. The number of benzene rings is 4. The van der Waals surface area contributed by atoms with Crippen LogP contribution in [-0.2, 0) is 10.8 Å². The molecule has 5 heteroatoms. The molecule has 2 aromatic heterocycles. The maximum atomic E-state index is 4.83. The minimum atomic E-state index is -0.129. The van der Waals surface area contributed by atoms with E-state index in [2.05, 4.69) is 80.8 Å². The molecule has 0 N–H and O–H groups in total. The van der Waals surface area contributed by atoms with E-state index in [0.29, 0.717) is 0 Å². The molecule has 0 unspecified atom stereocenters. The van der Waals surface area contributed by atoms with Crippen molar-refractivity contribution in [2.45, 2.75) is 52.4 Å². The summed E-state index contributed by atoms with van der Waals surface area (Å²) in [4.78, 5) is 23.6. The maximum absolute atomic E-state index is 4.83. The van der Waals surface area contributed by atoms with Crippen LogP contribution < -0.4 is 0 Å². The van der Waals surface area contributed by atoms with Gasteiger partial charge in [0, 0.05) is 32.9 Å². The lowest BCUT2D eigenvalue weighted by Gasteiger charge is -2.18. The molecule has 6 rings (SSSR count). The van der Waals surface area contributed by atoms with Gasteiger partial charge in [-0.25, -0.2) is 24.9 Å². The molecule has 0 fully saturated rings. The first-order chi connectivity index (χ1) is 20.1. The van der Waals surface area contributed by atoms with Gasteiger partial charge in [0.25, 0.3) is 0 Å². The second-order valence-electron chi connectivity index (χ2n) is 12.3. The Kier molecular flexibility index (Phi) is 8.21. The predicted octanol–water partition coefficient (Wildman–Crippen LogP) is 9.10. The fourth-order valence-electron chi connectivity index (χ4n) is 4.37. The predicted molar refractivity (Wildman–Crippen MR) is 173 cm³/mol. The van der Waals surface area contributed by atoms with Crippen molar-refractivity contribution < 1.29 is 0 Å². The van der Waals surface area contributed by atoms with Crippen LogP contribution in [0.25, 0.3) is 44.9 Å². The van der Waals surface area contributed by atoms with Crippen molar-refractivity contribution >= 4 is 10.9 Å². The maximum Gasteiger partial charge on any atom is 0.163 e. The second kappa shape index (κ2) is 12.0. The van der Waals surface area contributed by atoms with Gasteiger partial charge < -0.3 is 0 Å². The number of para-hydroxylation sites is 1. The molecule has 0 bridgehead atoms. The highest BCUT2D eigenvalue weighted by atomic mass is 15.0. The van der Waals surface area contributed by atoms with E-state index in [1.807, 2.05) is 91.0 Å². The Labute approximate surface area is 248 Å².